The minimum atomic E-state index is -1.11. The van der Waals surface area contributed by atoms with Crippen LogP contribution in [0, 0.1) is 0 Å². The summed E-state index contributed by atoms with van der Waals surface area (Å²) in [6.45, 7) is 0. The molecule has 0 fully saturated rings. The van der Waals surface area contributed by atoms with Crippen LogP contribution in [-0.4, -0.2) is 30.5 Å². The van der Waals surface area contributed by atoms with Crippen molar-refractivity contribution in [3.05, 3.63) is 30.0 Å². The van der Waals surface area contributed by atoms with Gasteiger partial charge in [0.25, 0.3) is 0 Å². The van der Waals surface area contributed by atoms with Gasteiger partial charge < -0.3 is 19.1 Å². The Kier molecular flexibility index (Phi) is 3.18. The van der Waals surface area contributed by atoms with Crippen molar-refractivity contribution < 1.29 is 23.9 Å². The van der Waals surface area contributed by atoms with E-state index in [0.717, 1.165) is 6.26 Å². The van der Waals surface area contributed by atoms with E-state index >= 15 is 0 Å². The number of benzene rings is 1. The average molecular weight is 249 g/mol. The van der Waals surface area contributed by atoms with E-state index in [4.69, 9.17) is 19.1 Å². The maximum atomic E-state index is 11.0. The minimum absolute atomic E-state index is 0.0263. The van der Waals surface area contributed by atoms with Crippen LogP contribution >= 0.6 is 0 Å². The summed E-state index contributed by atoms with van der Waals surface area (Å²) >= 11 is 0. The monoisotopic (exact) mass is 249 g/mol. The fourth-order valence-corrected chi connectivity index (χ4v) is 1.58. The van der Waals surface area contributed by atoms with Gasteiger partial charge in [-0.1, -0.05) is 5.16 Å². The third-order valence-electron chi connectivity index (χ3n) is 2.46. The fraction of sp³-hybridized carbons (Fsp3) is 0.167. The lowest BCUT2D eigenvalue weighted by Crippen LogP contribution is -1.98. The van der Waals surface area contributed by atoms with Crippen molar-refractivity contribution in [2.45, 2.75) is 0 Å². The lowest BCUT2D eigenvalue weighted by Gasteiger charge is -2.08. The third kappa shape index (κ3) is 2.00. The SMILES string of the molecule is COc1ccc(OC)c(-c2nocc2C(=O)O)c1. The second kappa shape index (κ2) is 4.79. The van der Waals surface area contributed by atoms with Crippen LogP contribution in [0.1, 0.15) is 10.4 Å². The quantitative estimate of drug-likeness (QED) is 0.893. The van der Waals surface area contributed by atoms with Gasteiger partial charge in [0.05, 0.1) is 19.8 Å². The minimum Gasteiger partial charge on any atom is -0.497 e. The van der Waals surface area contributed by atoms with Gasteiger partial charge in [0.2, 0.25) is 0 Å². The van der Waals surface area contributed by atoms with Crippen LogP contribution in [0.4, 0.5) is 0 Å². The topological polar surface area (TPSA) is 81.8 Å². The highest BCUT2D eigenvalue weighted by molar-refractivity contribution is 5.95. The zero-order chi connectivity index (χ0) is 13.1. The Morgan fingerprint density at radius 1 is 1.33 bits per heavy atom. The normalized spacial score (nSPS) is 10.1. The Hall–Kier alpha value is -2.50. The molecule has 0 bridgehead atoms. The summed E-state index contributed by atoms with van der Waals surface area (Å²) in [5.41, 5.74) is 0.683. The number of rotatable bonds is 4. The molecule has 18 heavy (non-hydrogen) atoms. The summed E-state index contributed by atoms with van der Waals surface area (Å²) in [7, 11) is 3.01. The Morgan fingerprint density at radius 2 is 2.11 bits per heavy atom. The molecule has 0 atom stereocenters. The first kappa shape index (κ1) is 12.0. The molecule has 1 aromatic heterocycles. The van der Waals surface area contributed by atoms with E-state index in [9.17, 15) is 4.79 Å². The van der Waals surface area contributed by atoms with Gasteiger partial charge >= 0.3 is 5.97 Å². The van der Waals surface area contributed by atoms with Crippen LogP contribution in [0.25, 0.3) is 11.3 Å². The number of hydrogen-bond acceptors (Lipinski definition) is 5. The van der Waals surface area contributed by atoms with Crippen molar-refractivity contribution in [2.75, 3.05) is 14.2 Å². The molecule has 0 unspecified atom stereocenters. The van der Waals surface area contributed by atoms with E-state index < -0.39 is 5.97 Å². The van der Waals surface area contributed by atoms with Crippen molar-refractivity contribution in [2.24, 2.45) is 0 Å². The first-order chi connectivity index (χ1) is 8.67. The summed E-state index contributed by atoms with van der Waals surface area (Å²) < 4.78 is 15.0. The van der Waals surface area contributed by atoms with Crippen molar-refractivity contribution in [3.63, 3.8) is 0 Å². The van der Waals surface area contributed by atoms with Crippen molar-refractivity contribution in [1.82, 2.24) is 5.16 Å². The molecule has 2 rings (SSSR count). The molecule has 1 heterocycles. The summed E-state index contributed by atoms with van der Waals surface area (Å²) in [5, 5.41) is 12.7. The van der Waals surface area contributed by atoms with Crippen LogP contribution in [0.15, 0.2) is 29.0 Å². The van der Waals surface area contributed by atoms with E-state index in [1.54, 1.807) is 18.2 Å². The molecule has 94 valence electrons. The van der Waals surface area contributed by atoms with Gasteiger partial charge in [0, 0.05) is 0 Å². The van der Waals surface area contributed by atoms with Gasteiger partial charge in [-0.25, -0.2) is 4.79 Å². The average Bonchev–Trinajstić information content (AvgIpc) is 2.87. The maximum absolute atomic E-state index is 11.0. The lowest BCUT2D eigenvalue weighted by molar-refractivity contribution is 0.0697. The third-order valence-corrected chi connectivity index (χ3v) is 2.46. The number of carboxylic acid groups (broad SMARTS) is 1. The molecule has 1 N–H and O–H groups in total. The number of aromatic nitrogens is 1. The van der Waals surface area contributed by atoms with Gasteiger partial charge in [-0.05, 0) is 18.2 Å². The van der Waals surface area contributed by atoms with Crippen LogP contribution < -0.4 is 9.47 Å². The zero-order valence-corrected chi connectivity index (χ0v) is 9.84. The van der Waals surface area contributed by atoms with Gasteiger partial charge in [0.1, 0.15) is 29.0 Å². The predicted octanol–water partition coefficient (Wildman–Crippen LogP) is 2.06. The second-order valence-corrected chi connectivity index (χ2v) is 3.45. The molecule has 2 aromatic rings. The number of methoxy groups -OCH3 is 2. The molecule has 6 heteroatoms. The molecule has 0 saturated carbocycles. The highest BCUT2D eigenvalue weighted by Gasteiger charge is 2.20. The standard InChI is InChI=1S/C12H11NO5/c1-16-7-3-4-10(17-2)8(5-7)11-9(12(14)15)6-18-13-11/h3-6H,1-2H3,(H,14,15). The molecule has 0 radical (unpaired) electrons. The molecule has 0 aliphatic rings. The highest BCUT2D eigenvalue weighted by atomic mass is 16.5. The number of carboxylic acids is 1. The van der Waals surface area contributed by atoms with Crippen molar-refractivity contribution in [1.29, 1.82) is 0 Å². The van der Waals surface area contributed by atoms with Crippen molar-refractivity contribution in [3.8, 4) is 22.8 Å². The van der Waals surface area contributed by atoms with Crippen LogP contribution in [-0.2, 0) is 0 Å². The smallest absolute Gasteiger partial charge is 0.341 e. The number of nitrogens with zero attached hydrogens (tertiary/aromatic N) is 1. The lowest BCUT2D eigenvalue weighted by atomic mass is 10.1. The molecule has 1 aromatic carbocycles. The highest BCUT2D eigenvalue weighted by Crippen LogP contribution is 2.34. The molecule has 0 spiro atoms. The molecular weight excluding hydrogens is 238 g/mol. The van der Waals surface area contributed by atoms with E-state index in [1.165, 1.54) is 14.2 Å². The first-order valence-electron chi connectivity index (χ1n) is 5.07. The van der Waals surface area contributed by atoms with Gasteiger partial charge in [-0.2, -0.15) is 0 Å². The summed E-state index contributed by atoms with van der Waals surface area (Å²) in [5.74, 6) is -0.0477. The molecule has 0 amide bonds. The summed E-state index contributed by atoms with van der Waals surface area (Å²) in [6.07, 6.45) is 1.08. The molecular formula is C12H11NO5. The summed E-state index contributed by atoms with van der Waals surface area (Å²) in [4.78, 5) is 11.0. The molecule has 6 nitrogen and oxygen atoms in total. The summed E-state index contributed by atoms with van der Waals surface area (Å²) in [6, 6.07) is 5.03. The van der Waals surface area contributed by atoms with Crippen LogP contribution in [0.3, 0.4) is 0 Å². The zero-order valence-electron chi connectivity index (χ0n) is 9.84. The van der Waals surface area contributed by atoms with Crippen LogP contribution in [0.5, 0.6) is 11.5 Å². The maximum Gasteiger partial charge on any atom is 0.341 e. The van der Waals surface area contributed by atoms with Crippen LogP contribution in [0.2, 0.25) is 0 Å². The van der Waals surface area contributed by atoms with E-state index in [0.29, 0.717) is 17.1 Å². The number of aromatic carboxylic acids is 1. The van der Waals surface area contributed by atoms with E-state index in [2.05, 4.69) is 5.16 Å². The Bertz CT molecular complexity index is 576. The van der Waals surface area contributed by atoms with Gasteiger partial charge in [-0.15, -0.1) is 0 Å². The number of hydrogen-bond donors (Lipinski definition) is 1. The predicted molar refractivity (Wildman–Crippen MR) is 62.0 cm³/mol. The molecule has 0 aliphatic carbocycles. The second-order valence-electron chi connectivity index (χ2n) is 3.45. The van der Waals surface area contributed by atoms with E-state index in [-0.39, 0.29) is 11.3 Å². The Morgan fingerprint density at radius 3 is 2.72 bits per heavy atom. The number of ether oxygens (including phenoxy) is 2. The number of carbonyl (C=O) groups is 1. The molecule has 0 aliphatic heterocycles. The van der Waals surface area contributed by atoms with Gasteiger partial charge in [-0.3, -0.25) is 0 Å². The largest absolute Gasteiger partial charge is 0.497 e. The van der Waals surface area contributed by atoms with Crippen molar-refractivity contribution >= 4 is 5.97 Å². The Labute approximate surface area is 103 Å². The van der Waals surface area contributed by atoms with E-state index in [1.807, 2.05) is 0 Å². The molecule has 0 saturated heterocycles. The first-order valence-corrected chi connectivity index (χ1v) is 5.07. The Balaban J connectivity index is 2.61. The fourth-order valence-electron chi connectivity index (χ4n) is 1.58. The van der Waals surface area contributed by atoms with Gasteiger partial charge in [0.15, 0.2) is 0 Å².